The van der Waals surface area contributed by atoms with Gasteiger partial charge in [0.05, 0.1) is 10.6 Å². The van der Waals surface area contributed by atoms with Crippen molar-refractivity contribution in [2.45, 2.75) is 32.2 Å². The molecule has 1 rings (SSSR count). The van der Waals surface area contributed by atoms with E-state index in [0.717, 1.165) is 12.8 Å². The van der Waals surface area contributed by atoms with E-state index in [1.165, 1.54) is 0 Å². The number of carbonyl (C=O) groups is 1. The Balaban J connectivity index is 0.00000324. The van der Waals surface area contributed by atoms with Crippen LogP contribution in [0.15, 0.2) is 22.7 Å². The maximum absolute atomic E-state index is 12.2. The Morgan fingerprint density at radius 3 is 2.42 bits per heavy atom. The Morgan fingerprint density at radius 2 is 2.00 bits per heavy atom. The fourth-order valence-corrected chi connectivity index (χ4v) is 2.21. The average molecular weight is 370 g/mol. The molecule has 0 bridgehead atoms. The molecule has 108 valence electrons. The Morgan fingerprint density at radius 1 is 1.42 bits per heavy atom. The lowest BCUT2D eigenvalue weighted by atomic mass is 9.92. The van der Waals surface area contributed by atoms with E-state index in [1.54, 1.807) is 18.2 Å². The average Bonchev–Trinajstić information content (AvgIpc) is 2.39. The fourth-order valence-electron chi connectivity index (χ4n) is 1.72. The number of amides is 1. The molecule has 1 aromatic carbocycles. The first-order valence-corrected chi connectivity index (χ1v) is 7.12. The van der Waals surface area contributed by atoms with E-state index in [1.807, 2.05) is 13.8 Å². The Kier molecular flexibility index (Phi) is 7.98. The van der Waals surface area contributed by atoms with Crippen molar-refractivity contribution >= 4 is 45.8 Å². The van der Waals surface area contributed by atoms with Crippen molar-refractivity contribution in [2.24, 2.45) is 5.73 Å². The van der Waals surface area contributed by atoms with E-state index in [-0.39, 0.29) is 23.9 Å². The van der Waals surface area contributed by atoms with Crippen LogP contribution in [0, 0.1) is 0 Å². The van der Waals surface area contributed by atoms with Crippen LogP contribution in [0.25, 0.3) is 0 Å². The van der Waals surface area contributed by atoms with Gasteiger partial charge >= 0.3 is 0 Å². The maximum Gasteiger partial charge on any atom is 0.251 e. The molecule has 0 spiro atoms. The summed E-state index contributed by atoms with van der Waals surface area (Å²) in [7, 11) is 0. The van der Waals surface area contributed by atoms with Gasteiger partial charge in [0.25, 0.3) is 5.91 Å². The fraction of sp³-hybridized carbons (Fsp3) is 0.462. The molecule has 0 aliphatic rings. The van der Waals surface area contributed by atoms with E-state index in [9.17, 15) is 4.79 Å². The van der Waals surface area contributed by atoms with Crippen molar-refractivity contribution < 1.29 is 4.79 Å². The van der Waals surface area contributed by atoms with E-state index >= 15 is 0 Å². The lowest BCUT2D eigenvalue weighted by Gasteiger charge is -2.31. The summed E-state index contributed by atoms with van der Waals surface area (Å²) in [6, 6.07) is 5.11. The topological polar surface area (TPSA) is 55.1 Å². The minimum atomic E-state index is -0.330. The van der Waals surface area contributed by atoms with Crippen molar-refractivity contribution in [3.8, 4) is 0 Å². The molecule has 0 aliphatic heterocycles. The summed E-state index contributed by atoms with van der Waals surface area (Å²) in [6.07, 6.45) is 1.61. The van der Waals surface area contributed by atoms with Gasteiger partial charge in [0.1, 0.15) is 0 Å². The zero-order valence-electron chi connectivity index (χ0n) is 11.0. The number of rotatable bonds is 5. The van der Waals surface area contributed by atoms with Crippen LogP contribution in [0.1, 0.15) is 37.0 Å². The minimum Gasteiger partial charge on any atom is -0.345 e. The zero-order valence-corrected chi connectivity index (χ0v) is 14.2. The van der Waals surface area contributed by atoms with E-state index < -0.39 is 0 Å². The molecule has 0 heterocycles. The predicted octanol–water partition coefficient (Wildman–Crippen LogP) is 3.77. The Labute approximate surface area is 133 Å². The predicted molar refractivity (Wildman–Crippen MR) is 86.2 cm³/mol. The minimum absolute atomic E-state index is 0. The standard InChI is InChI=1S/C13H18BrClN2O.ClH/c1-3-13(4-2,8-16)17-12(18)9-5-6-11(15)10(14)7-9;/h5-7H,3-4,8,16H2,1-2H3,(H,17,18);1H. The molecule has 6 heteroatoms. The Hall–Kier alpha value is -0.290. The lowest BCUT2D eigenvalue weighted by molar-refractivity contribution is 0.0895. The van der Waals surface area contributed by atoms with Gasteiger partial charge in [0.2, 0.25) is 0 Å². The number of carbonyl (C=O) groups excluding carboxylic acids is 1. The van der Waals surface area contributed by atoms with Crippen LogP contribution in [-0.2, 0) is 0 Å². The van der Waals surface area contributed by atoms with Crippen LogP contribution >= 0.6 is 39.9 Å². The molecule has 19 heavy (non-hydrogen) atoms. The highest BCUT2D eigenvalue weighted by atomic mass is 79.9. The summed E-state index contributed by atoms with van der Waals surface area (Å²) >= 11 is 9.21. The molecule has 3 nitrogen and oxygen atoms in total. The SMILES string of the molecule is CCC(CC)(CN)NC(=O)c1ccc(Cl)c(Br)c1.Cl. The number of halogens is 3. The van der Waals surface area contributed by atoms with Gasteiger partial charge in [-0.2, -0.15) is 0 Å². The first-order chi connectivity index (χ1) is 8.48. The summed E-state index contributed by atoms with van der Waals surface area (Å²) < 4.78 is 0.711. The van der Waals surface area contributed by atoms with Crippen LogP contribution < -0.4 is 11.1 Å². The maximum atomic E-state index is 12.2. The first kappa shape index (κ1) is 18.7. The molecule has 0 unspecified atom stereocenters. The molecule has 0 fully saturated rings. The summed E-state index contributed by atoms with van der Waals surface area (Å²) in [5.74, 6) is -0.124. The highest BCUT2D eigenvalue weighted by Gasteiger charge is 2.26. The third-order valence-corrected chi connectivity index (χ3v) is 4.52. The molecule has 0 aromatic heterocycles. The van der Waals surface area contributed by atoms with Crippen LogP contribution in [-0.4, -0.2) is 18.0 Å². The van der Waals surface area contributed by atoms with Gasteiger partial charge in [-0.05, 0) is 47.0 Å². The number of hydrogen-bond donors (Lipinski definition) is 2. The molecule has 1 aromatic rings. The van der Waals surface area contributed by atoms with Crippen LogP contribution in [0.4, 0.5) is 0 Å². The molecule has 0 saturated carbocycles. The van der Waals surface area contributed by atoms with E-state index in [4.69, 9.17) is 17.3 Å². The quantitative estimate of drug-likeness (QED) is 0.829. The monoisotopic (exact) mass is 368 g/mol. The van der Waals surface area contributed by atoms with Gasteiger partial charge in [-0.15, -0.1) is 12.4 Å². The number of benzene rings is 1. The summed E-state index contributed by atoms with van der Waals surface area (Å²) in [6.45, 7) is 4.48. The molecular formula is C13H19BrCl2N2O. The van der Waals surface area contributed by atoms with Crippen molar-refractivity contribution in [2.75, 3.05) is 6.54 Å². The van der Waals surface area contributed by atoms with E-state index in [2.05, 4.69) is 21.2 Å². The highest BCUT2D eigenvalue weighted by molar-refractivity contribution is 9.10. The normalized spacial score (nSPS) is 10.8. The molecule has 1 amide bonds. The summed E-state index contributed by atoms with van der Waals surface area (Å²) in [5, 5.41) is 3.60. The Bertz CT molecular complexity index is 428. The van der Waals surface area contributed by atoms with Crippen molar-refractivity contribution in [3.05, 3.63) is 33.3 Å². The lowest BCUT2D eigenvalue weighted by Crippen LogP contribution is -2.52. The molecule has 0 radical (unpaired) electrons. The molecule has 0 aliphatic carbocycles. The van der Waals surface area contributed by atoms with Gasteiger partial charge in [0.15, 0.2) is 0 Å². The highest BCUT2D eigenvalue weighted by Crippen LogP contribution is 2.23. The summed E-state index contributed by atoms with van der Waals surface area (Å²) in [5.41, 5.74) is 6.01. The number of nitrogens with two attached hydrogens (primary N) is 1. The third kappa shape index (κ3) is 4.63. The second-order valence-electron chi connectivity index (χ2n) is 4.27. The zero-order chi connectivity index (χ0) is 13.8. The second-order valence-corrected chi connectivity index (χ2v) is 5.54. The van der Waals surface area contributed by atoms with Crippen LogP contribution in [0.3, 0.4) is 0 Å². The molecular weight excluding hydrogens is 351 g/mol. The molecule has 3 N–H and O–H groups in total. The molecule has 0 atom stereocenters. The van der Waals surface area contributed by atoms with Gasteiger partial charge in [-0.25, -0.2) is 0 Å². The molecule has 0 saturated heterocycles. The van der Waals surface area contributed by atoms with Gasteiger partial charge < -0.3 is 11.1 Å². The third-order valence-electron chi connectivity index (χ3n) is 3.30. The van der Waals surface area contributed by atoms with Crippen LogP contribution in [0.5, 0.6) is 0 Å². The van der Waals surface area contributed by atoms with Crippen LogP contribution in [0.2, 0.25) is 5.02 Å². The van der Waals surface area contributed by atoms with Gasteiger partial charge in [-0.3, -0.25) is 4.79 Å². The van der Waals surface area contributed by atoms with Crippen molar-refractivity contribution in [3.63, 3.8) is 0 Å². The number of nitrogens with one attached hydrogen (secondary N) is 1. The summed E-state index contributed by atoms with van der Waals surface area (Å²) in [4.78, 5) is 12.2. The largest absolute Gasteiger partial charge is 0.345 e. The van der Waals surface area contributed by atoms with Gasteiger partial charge in [-0.1, -0.05) is 25.4 Å². The van der Waals surface area contributed by atoms with Gasteiger partial charge in [0, 0.05) is 16.6 Å². The van der Waals surface area contributed by atoms with Crippen molar-refractivity contribution in [1.82, 2.24) is 5.32 Å². The van der Waals surface area contributed by atoms with E-state index in [0.29, 0.717) is 21.6 Å². The first-order valence-electron chi connectivity index (χ1n) is 5.95. The number of hydrogen-bond acceptors (Lipinski definition) is 2. The smallest absolute Gasteiger partial charge is 0.251 e. The van der Waals surface area contributed by atoms with Crippen molar-refractivity contribution in [1.29, 1.82) is 0 Å². The second kappa shape index (κ2) is 8.10.